The van der Waals surface area contributed by atoms with Gasteiger partial charge in [-0.15, -0.1) is 0 Å². The number of para-hydroxylation sites is 1. The minimum Gasteiger partial charge on any atom is -0.380 e. The van der Waals surface area contributed by atoms with Crippen molar-refractivity contribution in [2.24, 2.45) is 0 Å². The lowest BCUT2D eigenvalue weighted by molar-refractivity contribution is -0.384. The molecule has 1 rings (SSSR count). The third-order valence-corrected chi connectivity index (χ3v) is 3.75. The van der Waals surface area contributed by atoms with E-state index in [0.717, 1.165) is 0 Å². The summed E-state index contributed by atoms with van der Waals surface area (Å²) in [5.41, 5.74) is 0.272. The van der Waals surface area contributed by atoms with Crippen LogP contribution in [-0.2, 0) is 0 Å². The summed E-state index contributed by atoms with van der Waals surface area (Å²) in [6.45, 7) is 4.85. The first kappa shape index (κ1) is 16.3. The average Bonchev–Trinajstić information content (AvgIpc) is 2.44. The van der Waals surface area contributed by atoms with Gasteiger partial charge in [0.25, 0.3) is 5.91 Å². The summed E-state index contributed by atoms with van der Waals surface area (Å²) < 4.78 is 0. The summed E-state index contributed by atoms with van der Waals surface area (Å²) in [6.07, 6.45) is 1.95. The molecule has 0 spiro atoms. The Labute approximate surface area is 122 Å². The Kier molecular flexibility index (Phi) is 6.30. The Bertz CT molecular complexity index is 494. The molecule has 0 heterocycles. The number of carbonyl (C=O) groups excluding carboxylic acids is 1. The van der Waals surface area contributed by atoms with Crippen molar-refractivity contribution in [3.8, 4) is 0 Å². The number of benzene rings is 1. The zero-order chi connectivity index (χ0) is 15.1. The van der Waals surface area contributed by atoms with Crippen molar-refractivity contribution in [3.63, 3.8) is 0 Å². The fourth-order valence-corrected chi connectivity index (χ4v) is 1.92. The molecule has 0 saturated heterocycles. The summed E-state index contributed by atoms with van der Waals surface area (Å²) in [6, 6.07) is 4.71. The molecule has 0 fully saturated rings. The molecule has 0 aliphatic carbocycles. The van der Waals surface area contributed by atoms with E-state index >= 15 is 0 Å². The second kappa shape index (κ2) is 7.74. The summed E-state index contributed by atoms with van der Waals surface area (Å²) in [5.74, 6) is -0.419. The van der Waals surface area contributed by atoms with Crippen molar-refractivity contribution in [1.82, 2.24) is 5.32 Å². The zero-order valence-electron chi connectivity index (χ0n) is 11.8. The molecule has 1 atom stereocenters. The van der Waals surface area contributed by atoms with Gasteiger partial charge in [-0.2, -0.15) is 11.8 Å². The van der Waals surface area contributed by atoms with E-state index < -0.39 is 10.8 Å². The van der Waals surface area contributed by atoms with Crippen molar-refractivity contribution < 1.29 is 9.72 Å². The highest BCUT2D eigenvalue weighted by Crippen LogP contribution is 2.28. The van der Waals surface area contributed by atoms with Gasteiger partial charge in [0.1, 0.15) is 11.3 Å². The van der Waals surface area contributed by atoms with Crippen LogP contribution in [0, 0.1) is 10.1 Å². The fourth-order valence-electron chi connectivity index (χ4n) is 1.67. The van der Waals surface area contributed by atoms with Gasteiger partial charge in [-0.3, -0.25) is 14.9 Å². The van der Waals surface area contributed by atoms with Crippen LogP contribution >= 0.6 is 11.8 Å². The van der Waals surface area contributed by atoms with Crippen LogP contribution in [0.5, 0.6) is 0 Å². The van der Waals surface area contributed by atoms with Gasteiger partial charge in [-0.25, -0.2) is 0 Å². The smallest absolute Gasteiger partial charge is 0.305 e. The molecule has 0 bridgehead atoms. The highest BCUT2D eigenvalue weighted by Gasteiger charge is 2.24. The van der Waals surface area contributed by atoms with E-state index in [1.54, 1.807) is 23.9 Å². The first-order valence-corrected chi connectivity index (χ1v) is 7.62. The summed E-state index contributed by atoms with van der Waals surface area (Å²) >= 11 is 1.62. The maximum atomic E-state index is 12.1. The zero-order valence-corrected chi connectivity index (χ0v) is 12.6. The number of thioether (sulfide) groups is 1. The predicted octanol–water partition coefficient (Wildman–Crippen LogP) is 2.51. The van der Waals surface area contributed by atoms with E-state index in [9.17, 15) is 14.9 Å². The van der Waals surface area contributed by atoms with E-state index in [2.05, 4.69) is 10.6 Å². The van der Waals surface area contributed by atoms with Crippen LogP contribution in [0.3, 0.4) is 0 Å². The van der Waals surface area contributed by atoms with Crippen LogP contribution in [0.4, 0.5) is 11.4 Å². The maximum Gasteiger partial charge on any atom is 0.305 e. The van der Waals surface area contributed by atoms with E-state index in [4.69, 9.17) is 0 Å². The number of carbonyl (C=O) groups is 1. The maximum absolute atomic E-state index is 12.1. The monoisotopic (exact) mass is 297 g/mol. The van der Waals surface area contributed by atoms with Gasteiger partial charge in [0.2, 0.25) is 0 Å². The van der Waals surface area contributed by atoms with Gasteiger partial charge >= 0.3 is 5.69 Å². The van der Waals surface area contributed by atoms with Crippen molar-refractivity contribution in [1.29, 1.82) is 0 Å². The van der Waals surface area contributed by atoms with Gasteiger partial charge in [0.05, 0.1) is 4.92 Å². The van der Waals surface area contributed by atoms with Crippen LogP contribution in [-0.4, -0.2) is 35.4 Å². The van der Waals surface area contributed by atoms with Crippen molar-refractivity contribution in [2.75, 3.05) is 24.7 Å². The quantitative estimate of drug-likeness (QED) is 0.596. The summed E-state index contributed by atoms with van der Waals surface area (Å²) in [5, 5.41) is 17.1. The Morgan fingerprint density at radius 2 is 2.20 bits per heavy atom. The molecule has 2 N–H and O–H groups in total. The second-order valence-corrected chi connectivity index (χ2v) is 5.52. The van der Waals surface area contributed by atoms with Crippen molar-refractivity contribution in [2.45, 2.75) is 19.1 Å². The molecule has 1 unspecified atom stereocenters. The summed E-state index contributed by atoms with van der Waals surface area (Å²) in [4.78, 5) is 22.8. The molecule has 6 nitrogen and oxygen atoms in total. The molecule has 20 heavy (non-hydrogen) atoms. The molecular weight excluding hydrogens is 278 g/mol. The Morgan fingerprint density at radius 1 is 1.50 bits per heavy atom. The van der Waals surface area contributed by atoms with Crippen LogP contribution < -0.4 is 10.6 Å². The molecule has 1 amide bonds. The second-order valence-electron chi connectivity index (χ2n) is 4.25. The number of nitro groups is 1. The van der Waals surface area contributed by atoms with Gasteiger partial charge in [-0.05, 0) is 25.3 Å². The minimum atomic E-state index is -0.523. The van der Waals surface area contributed by atoms with Gasteiger partial charge in [0.15, 0.2) is 0 Å². The SMILES string of the molecule is CCNc1cccc(C(=O)NCC(C)SC)c1[N+](=O)[O-]. The average molecular weight is 297 g/mol. The molecule has 0 aliphatic heterocycles. The molecule has 0 aromatic heterocycles. The first-order valence-electron chi connectivity index (χ1n) is 6.33. The molecule has 0 aliphatic rings. The molecule has 7 heteroatoms. The summed E-state index contributed by atoms with van der Waals surface area (Å²) in [7, 11) is 0. The lowest BCUT2D eigenvalue weighted by Crippen LogP contribution is -2.30. The van der Waals surface area contributed by atoms with E-state index in [1.165, 1.54) is 6.07 Å². The van der Waals surface area contributed by atoms with E-state index in [0.29, 0.717) is 18.8 Å². The molecular formula is C13H19N3O3S. The third-order valence-electron chi connectivity index (χ3n) is 2.78. The van der Waals surface area contributed by atoms with Crippen LogP contribution in [0.1, 0.15) is 24.2 Å². The van der Waals surface area contributed by atoms with Gasteiger partial charge in [0, 0.05) is 18.3 Å². The minimum absolute atomic E-state index is 0.0850. The Morgan fingerprint density at radius 3 is 2.75 bits per heavy atom. The Balaban J connectivity index is 3.01. The van der Waals surface area contributed by atoms with Crippen LogP contribution in [0.2, 0.25) is 0 Å². The van der Waals surface area contributed by atoms with Crippen LogP contribution in [0.25, 0.3) is 0 Å². The fraction of sp³-hybridized carbons (Fsp3) is 0.462. The molecule has 1 aromatic rings. The largest absolute Gasteiger partial charge is 0.380 e. The number of rotatable bonds is 7. The normalized spacial score (nSPS) is 11.8. The highest BCUT2D eigenvalue weighted by atomic mass is 32.2. The van der Waals surface area contributed by atoms with E-state index in [-0.39, 0.29) is 16.5 Å². The molecule has 110 valence electrons. The van der Waals surface area contributed by atoms with E-state index in [1.807, 2.05) is 20.1 Å². The Hall–Kier alpha value is -1.76. The lowest BCUT2D eigenvalue weighted by Gasteiger charge is -2.11. The number of amides is 1. The van der Waals surface area contributed by atoms with Crippen LogP contribution in [0.15, 0.2) is 18.2 Å². The molecule has 0 radical (unpaired) electrons. The molecule has 0 saturated carbocycles. The third kappa shape index (κ3) is 4.12. The number of hydrogen-bond donors (Lipinski definition) is 2. The number of hydrogen-bond acceptors (Lipinski definition) is 5. The lowest BCUT2D eigenvalue weighted by atomic mass is 10.1. The van der Waals surface area contributed by atoms with Crippen molar-refractivity contribution in [3.05, 3.63) is 33.9 Å². The number of nitrogens with one attached hydrogen (secondary N) is 2. The highest BCUT2D eigenvalue weighted by molar-refractivity contribution is 7.99. The van der Waals surface area contributed by atoms with Gasteiger partial charge in [-0.1, -0.05) is 13.0 Å². The first-order chi connectivity index (χ1) is 9.51. The van der Waals surface area contributed by atoms with Crippen molar-refractivity contribution >= 4 is 29.0 Å². The number of nitrogens with zero attached hydrogens (tertiary/aromatic N) is 1. The standard InChI is InChI=1S/C13H19N3O3S/c1-4-14-11-7-5-6-10(12(11)16(18)19)13(17)15-8-9(2)20-3/h5-7,9,14H,4,8H2,1-3H3,(H,15,17). The number of anilines is 1. The molecule has 1 aromatic carbocycles. The van der Waals surface area contributed by atoms with Gasteiger partial charge < -0.3 is 10.6 Å². The number of nitro benzene ring substituents is 1. The predicted molar refractivity (Wildman–Crippen MR) is 82.6 cm³/mol. The topological polar surface area (TPSA) is 84.3 Å².